The quantitative estimate of drug-likeness (QED) is 0.751. The predicted octanol–water partition coefficient (Wildman–Crippen LogP) is 2.44. The summed E-state index contributed by atoms with van der Waals surface area (Å²) >= 11 is 0. The molecule has 1 aromatic carbocycles. The second-order valence-electron chi connectivity index (χ2n) is 6.20. The van der Waals surface area contributed by atoms with E-state index in [-0.39, 0.29) is 0 Å². The third kappa shape index (κ3) is 4.22. The van der Waals surface area contributed by atoms with Crippen LogP contribution in [0.25, 0.3) is 0 Å². The van der Waals surface area contributed by atoms with Crippen molar-refractivity contribution in [2.45, 2.75) is 38.1 Å². The first-order valence-corrected chi connectivity index (χ1v) is 8.01. The number of ether oxygens (including phenoxy) is 1. The molecular formula is C17H26N2O. The molecule has 0 aliphatic heterocycles. The highest BCUT2D eigenvalue weighted by molar-refractivity contribution is 5.27. The molecule has 0 radical (unpaired) electrons. The van der Waals surface area contributed by atoms with Gasteiger partial charge in [0.1, 0.15) is 12.4 Å². The molecular weight excluding hydrogens is 248 g/mol. The van der Waals surface area contributed by atoms with Crippen molar-refractivity contribution in [1.82, 2.24) is 4.90 Å². The van der Waals surface area contributed by atoms with Crippen LogP contribution in [-0.4, -0.2) is 37.2 Å². The van der Waals surface area contributed by atoms with Gasteiger partial charge >= 0.3 is 0 Å². The van der Waals surface area contributed by atoms with Crippen LogP contribution in [0.1, 0.15) is 31.2 Å². The third-order valence-electron chi connectivity index (χ3n) is 4.26. The molecule has 110 valence electrons. The summed E-state index contributed by atoms with van der Waals surface area (Å²) in [5.74, 6) is 1.96. The average Bonchev–Trinajstić information content (AvgIpc) is 3.34. The summed E-state index contributed by atoms with van der Waals surface area (Å²) in [6.07, 6.45) is 6.59. The smallest absolute Gasteiger partial charge is 0.119 e. The molecule has 2 N–H and O–H groups in total. The van der Waals surface area contributed by atoms with Crippen molar-refractivity contribution in [1.29, 1.82) is 0 Å². The summed E-state index contributed by atoms with van der Waals surface area (Å²) in [4.78, 5) is 2.64. The molecule has 2 saturated carbocycles. The zero-order chi connectivity index (χ0) is 13.8. The molecule has 0 unspecified atom stereocenters. The highest BCUT2D eigenvalue weighted by atomic mass is 16.5. The Morgan fingerprint density at radius 3 is 2.45 bits per heavy atom. The van der Waals surface area contributed by atoms with Crippen LogP contribution in [0.5, 0.6) is 5.75 Å². The number of rotatable bonds is 9. The maximum Gasteiger partial charge on any atom is 0.119 e. The SMILES string of the molecule is NCCc1ccc(OCCN(CC2CC2)C2CC2)cc1. The average molecular weight is 274 g/mol. The zero-order valence-electron chi connectivity index (χ0n) is 12.3. The lowest BCUT2D eigenvalue weighted by Gasteiger charge is -2.21. The van der Waals surface area contributed by atoms with Crippen molar-refractivity contribution < 1.29 is 4.74 Å². The van der Waals surface area contributed by atoms with Crippen molar-refractivity contribution in [2.75, 3.05) is 26.2 Å². The van der Waals surface area contributed by atoms with Gasteiger partial charge in [0.15, 0.2) is 0 Å². The lowest BCUT2D eigenvalue weighted by Crippen LogP contribution is -2.32. The number of nitrogens with zero attached hydrogens (tertiary/aromatic N) is 1. The second-order valence-corrected chi connectivity index (χ2v) is 6.20. The normalized spacial score (nSPS) is 18.5. The summed E-state index contributed by atoms with van der Waals surface area (Å²) in [6, 6.07) is 9.21. The van der Waals surface area contributed by atoms with E-state index in [4.69, 9.17) is 10.5 Å². The maximum atomic E-state index is 5.88. The van der Waals surface area contributed by atoms with E-state index in [1.807, 2.05) is 0 Å². The lowest BCUT2D eigenvalue weighted by atomic mass is 10.1. The van der Waals surface area contributed by atoms with Crippen LogP contribution in [0.3, 0.4) is 0 Å². The monoisotopic (exact) mass is 274 g/mol. The van der Waals surface area contributed by atoms with E-state index in [0.717, 1.165) is 37.3 Å². The van der Waals surface area contributed by atoms with Gasteiger partial charge in [-0.2, -0.15) is 0 Å². The summed E-state index contributed by atoms with van der Waals surface area (Å²) in [5.41, 5.74) is 6.84. The van der Waals surface area contributed by atoms with Gasteiger partial charge in [0.2, 0.25) is 0 Å². The van der Waals surface area contributed by atoms with E-state index in [0.29, 0.717) is 6.54 Å². The Morgan fingerprint density at radius 2 is 1.85 bits per heavy atom. The highest BCUT2D eigenvalue weighted by Crippen LogP contribution is 2.34. The van der Waals surface area contributed by atoms with E-state index >= 15 is 0 Å². The maximum absolute atomic E-state index is 5.88. The third-order valence-corrected chi connectivity index (χ3v) is 4.26. The molecule has 3 rings (SSSR count). The molecule has 0 aromatic heterocycles. The van der Waals surface area contributed by atoms with Gasteiger partial charge in [-0.15, -0.1) is 0 Å². The summed E-state index contributed by atoms with van der Waals surface area (Å²) < 4.78 is 5.88. The molecule has 0 saturated heterocycles. The van der Waals surface area contributed by atoms with Gasteiger partial charge in [-0.25, -0.2) is 0 Å². The van der Waals surface area contributed by atoms with E-state index < -0.39 is 0 Å². The van der Waals surface area contributed by atoms with E-state index in [2.05, 4.69) is 29.2 Å². The van der Waals surface area contributed by atoms with Crippen LogP contribution in [0, 0.1) is 5.92 Å². The van der Waals surface area contributed by atoms with Crippen molar-refractivity contribution >= 4 is 0 Å². The van der Waals surface area contributed by atoms with Crippen molar-refractivity contribution in [3.63, 3.8) is 0 Å². The largest absolute Gasteiger partial charge is 0.492 e. The number of nitrogens with two attached hydrogens (primary N) is 1. The van der Waals surface area contributed by atoms with Gasteiger partial charge in [-0.3, -0.25) is 4.90 Å². The Bertz CT molecular complexity index is 410. The molecule has 20 heavy (non-hydrogen) atoms. The second kappa shape index (κ2) is 6.59. The minimum Gasteiger partial charge on any atom is -0.492 e. The molecule has 2 aliphatic carbocycles. The fourth-order valence-electron chi connectivity index (χ4n) is 2.69. The summed E-state index contributed by atoms with van der Waals surface area (Å²) in [6.45, 7) is 3.88. The first-order valence-electron chi connectivity index (χ1n) is 8.01. The summed E-state index contributed by atoms with van der Waals surface area (Å²) in [7, 11) is 0. The lowest BCUT2D eigenvalue weighted by molar-refractivity contribution is 0.195. The number of hydrogen-bond acceptors (Lipinski definition) is 3. The topological polar surface area (TPSA) is 38.5 Å². The van der Waals surface area contributed by atoms with Crippen LogP contribution in [0.15, 0.2) is 24.3 Å². The molecule has 2 fully saturated rings. The van der Waals surface area contributed by atoms with Crippen LogP contribution >= 0.6 is 0 Å². The Balaban J connectivity index is 1.41. The predicted molar refractivity (Wildman–Crippen MR) is 82.0 cm³/mol. The fraction of sp³-hybridized carbons (Fsp3) is 0.647. The summed E-state index contributed by atoms with van der Waals surface area (Å²) in [5, 5.41) is 0. The van der Waals surface area contributed by atoms with Crippen molar-refractivity contribution in [3.8, 4) is 5.75 Å². The van der Waals surface area contributed by atoms with Gasteiger partial charge in [0.25, 0.3) is 0 Å². The van der Waals surface area contributed by atoms with Gasteiger partial charge in [0.05, 0.1) is 0 Å². The Hall–Kier alpha value is -1.06. The Morgan fingerprint density at radius 1 is 1.10 bits per heavy atom. The molecule has 1 aromatic rings. The van der Waals surface area contributed by atoms with Crippen LogP contribution in [0.2, 0.25) is 0 Å². The minimum absolute atomic E-state index is 0.706. The molecule has 3 nitrogen and oxygen atoms in total. The zero-order valence-corrected chi connectivity index (χ0v) is 12.3. The van der Waals surface area contributed by atoms with Crippen LogP contribution < -0.4 is 10.5 Å². The van der Waals surface area contributed by atoms with E-state index in [9.17, 15) is 0 Å². The molecule has 0 spiro atoms. The Kier molecular flexibility index (Phi) is 4.58. The fourth-order valence-corrected chi connectivity index (χ4v) is 2.69. The molecule has 3 heteroatoms. The molecule has 2 aliphatic rings. The first kappa shape index (κ1) is 13.9. The standard InChI is InChI=1S/C17H26N2O/c18-10-9-14-3-7-17(8-4-14)20-12-11-19(16-5-6-16)13-15-1-2-15/h3-4,7-8,15-16H,1-2,5-6,9-13,18H2. The Labute approximate surface area is 122 Å². The number of benzene rings is 1. The van der Waals surface area contributed by atoms with Gasteiger partial charge < -0.3 is 10.5 Å². The minimum atomic E-state index is 0.706. The van der Waals surface area contributed by atoms with Crippen LogP contribution in [0.4, 0.5) is 0 Å². The van der Waals surface area contributed by atoms with Gasteiger partial charge in [0, 0.05) is 19.1 Å². The molecule has 0 atom stereocenters. The van der Waals surface area contributed by atoms with Crippen molar-refractivity contribution in [3.05, 3.63) is 29.8 Å². The van der Waals surface area contributed by atoms with Crippen molar-refractivity contribution in [2.24, 2.45) is 11.7 Å². The van der Waals surface area contributed by atoms with E-state index in [1.54, 1.807) is 0 Å². The van der Waals surface area contributed by atoms with Crippen LogP contribution in [-0.2, 0) is 6.42 Å². The molecule has 0 heterocycles. The molecule has 0 bridgehead atoms. The highest BCUT2D eigenvalue weighted by Gasteiger charge is 2.33. The van der Waals surface area contributed by atoms with Gasteiger partial charge in [-0.1, -0.05) is 12.1 Å². The molecule has 0 amide bonds. The van der Waals surface area contributed by atoms with E-state index in [1.165, 1.54) is 37.8 Å². The number of hydrogen-bond donors (Lipinski definition) is 1. The first-order chi connectivity index (χ1) is 9.85. The van der Waals surface area contributed by atoms with Gasteiger partial charge in [-0.05, 0) is 62.3 Å².